The number of hydrogen-bond acceptors (Lipinski definition) is 5. The molecule has 0 aromatic heterocycles. The monoisotopic (exact) mass is 482 g/mol. The fraction of sp³-hybridized carbons (Fsp3) is 0.444. The number of ether oxygens (including phenoxy) is 2. The molecule has 2 aromatic rings. The molecule has 2 aromatic carbocycles. The Bertz CT molecular complexity index is 979. The molecular weight excluding hydrogens is 448 g/mol. The maximum absolute atomic E-state index is 12.9. The molecule has 0 saturated carbocycles. The molecule has 2 amide bonds. The summed E-state index contributed by atoms with van der Waals surface area (Å²) in [5.41, 5.74) is 4.46. The van der Waals surface area contributed by atoms with E-state index in [0.29, 0.717) is 6.42 Å². The Balaban J connectivity index is 1.63. The smallest absolute Gasteiger partial charge is 0.407 e. The third-order valence-corrected chi connectivity index (χ3v) is 6.24. The molecule has 188 valence electrons. The van der Waals surface area contributed by atoms with E-state index in [9.17, 15) is 19.5 Å². The molecule has 0 radical (unpaired) electrons. The second kappa shape index (κ2) is 12.9. The lowest BCUT2D eigenvalue weighted by molar-refractivity contribution is -0.137. The van der Waals surface area contributed by atoms with Crippen LogP contribution in [0.5, 0.6) is 0 Å². The zero-order valence-electron chi connectivity index (χ0n) is 20.3. The number of benzene rings is 2. The van der Waals surface area contributed by atoms with Crippen LogP contribution in [0.25, 0.3) is 11.1 Å². The van der Waals surface area contributed by atoms with Gasteiger partial charge in [0.05, 0.1) is 6.42 Å². The molecule has 0 fully saturated rings. The first kappa shape index (κ1) is 26.2. The number of amides is 2. The van der Waals surface area contributed by atoms with Crippen LogP contribution in [0.4, 0.5) is 4.79 Å². The van der Waals surface area contributed by atoms with Crippen molar-refractivity contribution in [2.45, 2.75) is 57.0 Å². The highest BCUT2D eigenvalue weighted by Crippen LogP contribution is 2.44. The Hall–Kier alpha value is -3.39. The van der Waals surface area contributed by atoms with Crippen LogP contribution >= 0.6 is 0 Å². The van der Waals surface area contributed by atoms with Gasteiger partial charge in [-0.2, -0.15) is 0 Å². The quantitative estimate of drug-likeness (QED) is 0.396. The summed E-state index contributed by atoms with van der Waals surface area (Å²) in [6, 6.07) is 14.7. The maximum atomic E-state index is 12.9. The minimum absolute atomic E-state index is 0.0895. The van der Waals surface area contributed by atoms with Gasteiger partial charge in [-0.1, -0.05) is 68.3 Å². The Labute approximate surface area is 206 Å². The average Bonchev–Trinajstić information content (AvgIpc) is 3.17. The van der Waals surface area contributed by atoms with Crippen LogP contribution in [0.15, 0.2) is 48.5 Å². The van der Waals surface area contributed by atoms with Crippen LogP contribution in [0, 0.1) is 0 Å². The number of carbonyl (C=O) groups excluding carboxylic acids is 2. The van der Waals surface area contributed by atoms with Gasteiger partial charge in [-0.25, -0.2) is 4.79 Å². The van der Waals surface area contributed by atoms with Gasteiger partial charge in [0, 0.05) is 32.1 Å². The summed E-state index contributed by atoms with van der Waals surface area (Å²) in [5, 5.41) is 14.6. The van der Waals surface area contributed by atoms with E-state index in [0.717, 1.165) is 35.1 Å². The summed E-state index contributed by atoms with van der Waals surface area (Å²) >= 11 is 0. The minimum atomic E-state index is -0.982. The van der Waals surface area contributed by atoms with Crippen molar-refractivity contribution in [3.8, 4) is 11.1 Å². The summed E-state index contributed by atoms with van der Waals surface area (Å²) in [5.74, 6) is -1.52. The summed E-state index contributed by atoms with van der Waals surface area (Å²) in [6.07, 6.45) is 1.59. The van der Waals surface area contributed by atoms with E-state index < -0.39 is 30.1 Å². The number of carboxylic acid groups (broad SMARTS) is 1. The highest BCUT2D eigenvalue weighted by molar-refractivity contribution is 5.86. The van der Waals surface area contributed by atoms with E-state index >= 15 is 0 Å². The summed E-state index contributed by atoms with van der Waals surface area (Å²) in [4.78, 5) is 36.8. The minimum Gasteiger partial charge on any atom is -0.481 e. The van der Waals surface area contributed by atoms with Crippen LogP contribution < -0.4 is 10.6 Å². The van der Waals surface area contributed by atoms with Gasteiger partial charge in [-0.15, -0.1) is 0 Å². The van der Waals surface area contributed by atoms with Crippen LogP contribution in [-0.4, -0.2) is 55.5 Å². The molecule has 8 heteroatoms. The first-order chi connectivity index (χ1) is 16.9. The number of aliphatic carboxylic acids is 1. The molecular formula is C27H34N2O6. The largest absolute Gasteiger partial charge is 0.481 e. The molecule has 0 saturated heterocycles. The highest BCUT2D eigenvalue weighted by Gasteiger charge is 2.30. The first-order valence-electron chi connectivity index (χ1n) is 12.1. The second-order valence-electron chi connectivity index (χ2n) is 8.75. The van der Waals surface area contributed by atoms with Crippen molar-refractivity contribution in [3.63, 3.8) is 0 Å². The molecule has 1 aliphatic rings. The Morgan fingerprint density at radius 1 is 0.971 bits per heavy atom. The standard InChI is InChI=1S/C27H34N2O6/c1-3-4-9-18(16-25(30)31)28-26(32)24(14-15-34-2)29-27(33)35-17-23-21-12-7-5-10-19(21)20-11-6-8-13-22(20)23/h5-8,10-13,18,23-24H,3-4,9,14-17H2,1-2H3,(H,28,32)(H,29,33)(H,30,31). The van der Waals surface area contributed by atoms with Gasteiger partial charge in [0.15, 0.2) is 0 Å². The van der Waals surface area contributed by atoms with Crippen LogP contribution in [0.1, 0.15) is 56.1 Å². The predicted octanol–water partition coefficient (Wildman–Crippen LogP) is 4.08. The molecule has 0 aliphatic heterocycles. The Kier molecular flexibility index (Phi) is 9.66. The van der Waals surface area contributed by atoms with Gasteiger partial charge >= 0.3 is 12.1 Å². The molecule has 3 N–H and O–H groups in total. The maximum Gasteiger partial charge on any atom is 0.407 e. The molecule has 0 heterocycles. The van der Waals surface area contributed by atoms with E-state index in [4.69, 9.17) is 9.47 Å². The lowest BCUT2D eigenvalue weighted by Gasteiger charge is -2.23. The third kappa shape index (κ3) is 7.05. The number of hydrogen-bond donors (Lipinski definition) is 3. The number of methoxy groups -OCH3 is 1. The van der Waals surface area contributed by atoms with Gasteiger partial charge in [-0.3, -0.25) is 9.59 Å². The number of unbranched alkanes of at least 4 members (excludes halogenated alkanes) is 1. The van der Waals surface area contributed by atoms with Gasteiger partial charge in [0.2, 0.25) is 5.91 Å². The molecule has 8 nitrogen and oxygen atoms in total. The summed E-state index contributed by atoms with van der Waals surface area (Å²) in [6.45, 7) is 2.39. The van der Waals surface area contributed by atoms with E-state index in [1.807, 2.05) is 43.3 Å². The lowest BCUT2D eigenvalue weighted by atomic mass is 9.98. The SMILES string of the molecule is CCCCC(CC(=O)O)NC(=O)C(CCOC)NC(=O)OCC1c2ccccc2-c2ccccc21. The van der Waals surface area contributed by atoms with Gasteiger partial charge < -0.3 is 25.2 Å². The van der Waals surface area contributed by atoms with Crippen molar-refractivity contribution >= 4 is 18.0 Å². The summed E-state index contributed by atoms with van der Waals surface area (Å²) in [7, 11) is 1.51. The van der Waals surface area contributed by atoms with E-state index in [-0.39, 0.29) is 32.0 Å². The molecule has 0 bridgehead atoms. The highest BCUT2D eigenvalue weighted by atomic mass is 16.5. The van der Waals surface area contributed by atoms with Crippen molar-refractivity contribution in [3.05, 3.63) is 59.7 Å². The van der Waals surface area contributed by atoms with Crippen LogP contribution in [0.2, 0.25) is 0 Å². The fourth-order valence-electron chi connectivity index (χ4n) is 4.48. The molecule has 3 rings (SSSR count). The third-order valence-electron chi connectivity index (χ3n) is 6.24. The number of carboxylic acids is 1. The fourth-order valence-corrected chi connectivity index (χ4v) is 4.48. The van der Waals surface area contributed by atoms with Crippen molar-refractivity contribution in [2.75, 3.05) is 20.3 Å². The van der Waals surface area contributed by atoms with Gasteiger partial charge in [0.1, 0.15) is 12.6 Å². The topological polar surface area (TPSA) is 114 Å². The lowest BCUT2D eigenvalue weighted by Crippen LogP contribution is -2.50. The van der Waals surface area contributed by atoms with Crippen molar-refractivity contribution in [1.82, 2.24) is 10.6 Å². The van der Waals surface area contributed by atoms with E-state index in [1.54, 1.807) is 0 Å². The van der Waals surface area contributed by atoms with E-state index in [2.05, 4.69) is 22.8 Å². The van der Waals surface area contributed by atoms with Crippen LogP contribution in [-0.2, 0) is 19.1 Å². The number of rotatable bonds is 13. The zero-order valence-corrected chi connectivity index (χ0v) is 20.3. The molecule has 35 heavy (non-hydrogen) atoms. The van der Waals surface area contributed by atoms with Crippen molar-refractivity contribution in [1.29, 1.82) is 0 Å². The predicted molar refractivity (Wildman–Crippen MR) is 132 cm³/mol. The first-order valence-corrected chi connectivity index (χ1v) is 12.1. The average molecular weight is 483 g/mol. The summed E-state index contributed by atoms with van der Waals surface area (Å²) < 4.78 is 10.7. The van der Waals surface area contributed by atoms with Crippen molar-refractivity contribution < 1.29 is 29.0 Å². The zero-order chi connectivity index (χ0) is 25.2. The number of nitrogens with one attached hydrogen (secondary N) is 2. The normalized spacial score (nSPS) is 13.9. The number of fused-ring (bicyclic) bond motifs is 3. The number of alkyl carbamates (subject to hydrolysis) is 1. The molecule has 2 unspecified atom stereocenters. The van der Waals surface area contributed by atoms with Gasteiger partial charge in [0.25, 0.3) is 0 Å². The van der Waals surface area contributed by atoms with E-state index in [1.165, 1.54) is 7.11 Å². The number of carbonyl (C=O) groups is 3. The van der Waals surface area contributed by atoms with Crippen molar-refractivity contribution in [2.24, 2.45) is 0 Å². The Morgan fingerprint density at radius 3 is 2.17 bits per heavy atom. The molecule has 1 aliphatic carbocycles. The Morgan fingerprint density at radius 2 is 1.60 bits per heavy atom. The van der Waals surface area contributed by atoms with Crippen LogP contribution in [0.3, 0.4) is 0 Å². The molecule has 0 spiro atoms. The second-order valence-corrected chi connectivity index (χ2v) is 8.75. The van der Waals surface area contributed by atoms with Gasteiger partial charge in [-0.05, 0) is 28.7 Å². The molecule has 2 atom stereocenters.